The first-order chi connectivity index (χ1) is 29.7. The lowest BCUT2D eigenvalue weighted by atomic mass is 10.0. The van der Waals surface area contributed by atoms with Crippen LogP contribution in [0.4, 0.5) is 0 Å². The van der Waals surface area contributed by atoms with E-state index < -0.39 is 12.1 Å². The average molecular weight is 838 g/mol. The van der Waals surface area contributed by atoms with Crippen LogP contribution < -0.4 is 5.32 Å². The minimum Gasteiger partial charge on any atom is -0.394 e. The first-order valence-corrected chi connectivity index (χ1v) is 26.5. The molecule has 0 aliphatic heterocycles. The van der Waals surface area contributed by atoms with Crippen LogP contribution >= 0.6 is 0 Å². The summed E-state index contributed by atoms with van der Waals surface area (Å²) in [5.74, 6) is -0.0727. The lowest BCUT2D eigenvalue weighted by molar-refractivity contribution is -0.123. The van der Waals surface area contributed by atoms with Crippen molar-refractivity contribution in [1.82, 2.24) is 5.32 Å². The maximum Gasteiger partial charge on any atom is 0.220 e. The van der Waals surface area contributed by atoms with E-state index in [0.29, 0.717) is 6.42 Å². The Morgan fingerprint density at radius 1 is 0.400 bits per heavy atom. The Morgan fingerprint density at radius 3 is 1.08 bits per heavy atom. The topological polar surface area (TPSA) is 69.6 Å². The second-order valence-corrected chi connectivity index (χ2v) is 17.9. The van der Waals surface area contributed by atoms with Gasteiger partial charge in [-0.2, -0.15) is 0 Å². The van der Waals surface area contributed by atoms with Gasteiger partial charge in [0.05, 0.1) is 18.8 Å². The fourth-order valence-electron chi connectivity index (χ4n) is 7.91. The molecule has 0 spiro atoms. The molecular weight excluding hydrogens is 735 g/mol. The van der Waals surface area contributed by atoms with Gasteiger partial charge in [-0.15, -0.1) is 0 Å². The van der Waals surface area contributed by atoms with Crippen LogP contribution in [0, 0.1) is 0 Å². The van der Waals surface area contributed by atoms with Crippen molar-refractivity contribution in [3.63, 3.8) is 0 Å². The molecule has 0 radical (unpaired) electrons. The fraction of sp³-hybridized carbons (Fsp3) is 0.804. The second-order valence-electron chi connectivity index (χ2n) is 17.9. The Bertz CT molecular complexity index is 996. The SMILES string of the molecule is CCCCCCC/C=C\C/C=C\C/C=C\CCCCCCCCCCCCCCCCCCCCC(=O)NC(CO)C(O)/C=C/CC/C=C/CCCCCCCCCCC. The highest BCUT2D eigenvalue weighted by Gasteiger charge is 2.17. The maximum atomic E-state index is 12.4. The third-order valence-electron chi connectivity index (χ3n) is 12.0. The molecule has 0 fully saturated rings. The van der Waals surface area contributed by atoms with Crippen molar-refractivity contribution in [3.05, 3.63) is 60.8 Å². The van der Waals surface area contributed by atoms with Gasteiger partial charge < -0.3 is 15.5 Å². The Hall–Kier alpha value is -1.91. The average Bonchev–Trinajstić information content (AvgIpc) is 3.25. The molecule has 4 heteroatoms. The van der Waals surface area contributed by atoms with Crippen molar-refractivity contribution < 1.29 is 15.0 Å². The third-order valence-corrected chi connectivity index (χ3v) is 12.0. The summed E-state index contributed by atoms with van der Waals surface area (Å²) in [5, 5.41) is 23.0. The van der Waals surface area contributed by atoms with Gasteiger partial charge in [-0.3, -0.25) is 4.79 Å². The highest BCUT2D eigenvalue weighted by atomic mass is 16.3. The van der Waals surface area contributed by atoms with Crippen molar-refractivity contribution >= 4 is 5.91 Å². The first-order valence-electron chi connectivity index (χ1n) is 26.5. The van der Waals surface area contributed by atoms with Gasteiger partial charge in [-0.25, -0.2) is 0 Å². The van der Waals surface area contributed by atoms with E-state index in [1.165, 1.54) is 205 Å². The summed E-state index contributed by atoms with van der Waals surface area (Å²) in [6, 6.07) is -0.639. The standard InChI is InChI=1S/C56H103NO3/c1-3-5-7-9-11-13-15-17-19-20-21-22-23-24-25-26-27-28-29-30-31-32-33-34-35-36-38-40-42-44-46-48-50-52-56(60)57-54(53-58)55(59)51-49-47-45-43-41-39-37-18-16-14-12-10-8-6-4-2/h15,17,20-21,23-24,41,43,49,51,54-55,58-59H,3-14,16,18-19,22,25-40,42,44-48,50,52-53H2,1-2H3,(H,57,60)/b17-15-,21-20-,24-23-,43-41+,51-49+. The van der Waals surface area contributed by atoms with E-state index in [1.807, 2.05) is 6.08 Å². The molecule has 0 aromatic carbocycles. The predicted octanol–water partition coefficient (Wildman–Crippen LogP) is 17.2. The second kappa shape index (κ2) is 51.4. The van der Waals surface area contributed by atoms with Crippen LogP contribution in [-0.4, -0.2) is 34.9 Å². The number of nitrogens with one attached hydrogen (secondary N) is 1. The molecular formula is C56H103NO3. The highest BCUT2D eigenvalue weighted by Crippen LogP contribution is 2.16. The van der Waals surface area contributed by atoms with Gasteiger partial charge in [0.1, 0.15) is 0 Å². The van der Waals surface area contributed by atoms with Gasteiger partial charge in [-0.1, -0.05) is 254 Å². The summed E-state index contributed by atoms with van der Waals surface area (Å²) in [5.41, 5.74) is 0. The zero-order valence-electron chi connectivity index (χ0n) is 40.2. The molecule has 0 heterocycles. The Morgan fingerprint density at radius 2 is 0.700 bits per heavy atom. The van der Waals surface area contributed by atoms with E-state index in [-0.39, 0.29) is 12.5 Å². The van der Waals surface area contributed by atoms with Crippen LogP contribution in [0.5, 0.6) is 0 Å². The Labute approximate surface area is 375 Å². The molecule has 2 unspecified atom stereocenters. The van der Waals surface area contributed by atoms with Gasteiger partial charge in [0.25, 0.3) is 0 Å². The van der Waals surface area contributed by atoms with Crippen molar-refractivity contribution in [2.75, 3.05) is 6.61 Å². The summed E-state index contributed by atoms with van der Waals surface area (Å²) in [6.45, 7) is 4.29. The van der Waals surface area contributed by atoms with Crippen LogP contribution in [0.15, 0.2) is 60.8 Å². The lowest BCUT2D eigenvalue weighted by Crippen LogP contribution is -2.45. The molecule has 1 amide bonds. The molecule has 350 valence electrons. The van der Waals surface area contributed by atoms with Gasteiger partial charge in [0, 0.05) is 6.42 Å². The quantitative estimate of drug-likeness (QED) is 0.0422. The zero-order valence-corrected chi connectivity index (χ0v) is 40.2. The van der Waals surface area contributed by atoms with E-state index >= 15 is 0 Å². The molecule has 2 atom stereocenters. The normalized spacial score (nSPS) is 13.3. The number of carbonyl (C=O) groups excluding carboxylic acids is 1. The molecule has 0 aromatic heterocycles. The summed E-state index contributed by atoms with van der Waals surface area (Å²) in [4.78, 5) is 12.4. The van der Waals surface area contributed by atoms with Crippen LogP contribution in [0.1, 0.15) is 271 Å². The number of amides is 1. The number of allylic oxidation sites excluding steroid dienone is 9. The van der Waals surface area contributed by atoms with Gasteiger partial charge in [0.15, 0.2) is 0 Å². The van der Waals surface area contributed by atoms with Crippen molar-refractivity contribution in [2.45, 2.75) is 283 Å². The van der Waals surface area contributed by atoms with Crippen LogP contribution in [-0.2, 0) is 4.79 Å². The van der Waals surface area contributed by atoms with E-state index in [2.05, 4.69) is 67.8 Å². The third kappa shape index (κ3) is 47.1. The number of aliphatic hydroxyl groups excluding tert-OH is 2. The van der Waals surface area contributed by atoms with Gasteiger partial charge in [-0.05, 0) is 70.6 Å². The minimum absolute atomic E-state index is 0.0727. The maximum absolute atomic E-state index is 12.4. The molecule has 0 rings (SSSR count). The monoisotopic (exact) mass is 838 g/mol. The summed E-state index contributed by atoms with van der Waals surface area (Å²) >= 11 is 0. The fourth-order valence-corrected chi connectivity index (χ4v) is 7.91. The molecule has 0 aromatic rings. The number of hydrogen-bond acceptors (Lipinski definition) is 3. The number of rotatable bonds is 48. The van der Waals surface area contributed by atoms with Gasteiger partial charge >= 0.3 is 0 Å². The van der Waals surface area contributed by atoms with Crippen LogP contribution in [0.2, 0.25) is 0 Å². The van der Waals surface area contributed by atoms with E-state index in [0.717, 1.165) is 44.9 Å². The Kier molecular flexibility index (Phi) is 49.8. The molecule has 0 saturated heterocycles. The van der Waals surface area contributed by atoms with E-state index in [9.17, 15) is 15.0 Å². The molecule has 0 aliphatic carbocycles. The molecule has 60 heavy (non-hydrogen) atoms. The van der Waals surface area contributed by atoms with Crippen LogP contribution in [0.25, 0.3) is 0 Å². The summed E-state index contributed by atoms with van der Waals surface area (Å²) in [6.07, 6.45) is 72.3. The number of unbranched alkanes of at least 4 members (excludes halogenated alkanes) is 33. The van der Waals surface area contributed by atoms with Gasteiger partial charge in [0.2, 0.25) is 5.91 Å². The molecule has 0 aliphatic rings. The van der Waals surface area contributed by atoms with Crippen LogP contribution in [0.3, 0.4) is 0 Å². The number of hydrogen-bond donors (Lipinski definition) is 3. The number of aliphatic hydroxyl groups is 2. The van der Waals surface area contributed by atoms with Crippen molar-refractivity contribution in [2.24, 2.45) is 0 Å². The largest absolute Gasteiger partial charge is 0.394 e. The molecule has 0 saturated carbocycles. The lowest BCUT2D eigenvalue weighted by Gasteiger charge is -2.19. The smallest absolute Gasteiger partial charge is 0.220 e. The minimum atomic E-state index is -0.862. The zero-order chi connectivity index (χ0) is 43.5. The van der Waals surface area contributed by atoms with Crippen molar-refractivity contribution in [1.29, 1.82) is 0 Å². The highest BCUT2D eigenvalue weighted by molar-refractivity contribution is 5.76. The molecule has 0 bridgehead atoms. The Balaban J connectivity index is 3.49. The predicted molar refractivity (Wildman–Crippen MR) is 267 cm³/mol. The number of carbonyl (C=O) groups is 1. The van der Waals surface area contributed by atoms with E-state index in [1.54, 1.807) is 6.08 Å². The van der Waals surface area contributed by atoms with E-state index in [4.69, 9.17) is 0 Å². The molecule has 3 N–H and O–H groups in total. The van der Waals surface area contributed by atoms with Crippen molar-refractivity contribution in [3.8, 4) is 0 Å². The summed E-state index contributed by atoms with van der Waals surface area (Å²) < 4.78 is 0. The first kappa shape index (κ1) is 58.1. The summed E-state index contributed by atoms with van der Waals surface area (Å²) in [7, 11) is 0. The molecule has 4 nitrogen and oxygen atoms in total.